The first-order valence-electron chi connectivity index (χ1n) is 11.2. The second kappa shape index (κ2) is 12.9. The van der Waals surface area contributed by atoms with Crippen LogP contribution in [0.15, 0.2) is 22.5 Å². The van der Waals surface area contributed by atoms with Crippen LogP contribution in [0.1, 0.15) is 57.4 Å². The van der Waals surface area contributed by atoms with Crippen molar-refractivity contribution in [2.45, 2.75) is 58.5 Å². The average Bonchev–Trinajstić information content (AvgIpc) is 3.41. The summed E-state index contributed by atoms with van der Waals surface area (Å²) in [6.45, 7) is 11.9. The third-order valence-electron chi connectivity index (χ3n) is 6.08. The highest BCUT2D eigenvalue weighted by Crippen LogP contribution is 2.29. The van der Waals surface area contributed by atoms with Crippen molar-refractivity contribution in [3.63, 3.8) is 0 Å². The molecule has 1 aromatic rings. The van der Waals surface area contributed by atoms with Crippen molar-refractivity contribution >= 4 is 47.2 Å². The number of carbonyl (C=O) groups is 1. The van der Waals surface area contributed by atoms with Crippen molar-refractivity contribution in [1.82, 2.24) is 20.4 Å². The van der Waals surface area contributed by atoms with E-state index < -0.39 is 0 Å². The number of likely N-dealkylation sites (tertiary alicyclic amines) is 2. The molecule has 1 aromatic heterocycles. The minimum absolute atomic E-state index is 0. The maximum Gasteiger partial charge on any atom is 0.222 e. The van der Waals surface area contributed by atoms with Crippen molar-refractivity contribution in [3.05, 3.63) is 22.4 Å². The van der Waals surface area contributed by atoms with Gasteiger partial charge in [0.05, 0.1) is 12.6 Å². The zero-order valence-corrected chi connectivity index (χ0v) is 21.7. The Morgan fingerprint density at radius 3 is 2.67 bits per heavy atom. The number of piperidine rings is 1. The van der Waals surface area contributed by atoms with Crippen LogP contribution in [0.25, 0.3) is 0 Å². The molecule has 2 atom stereocenters. The Labute approximate surface area is 202 Å². The van der Waals surface area contributed by atoms with E-state index in [-0.39, 0.29) is 35.9 Å². The van der Waals surface area contributed by atoms with Crippen LogP contribution in [0.4, 0.5) is 0 Å². The number of nitrogens with one attached hydrogen (secondary N) is 2. The van der Waals surface area contributed by atoms with Crippen LogP contribution in [0.2, 0.25) is 0 Å². The maximum absolute atomic E-state index is 12.0. The summed E-state index contributed by atoms with van der Waals surface area (Å²) in [5.74, 6) is 1.94. The number of rotatable bonds is 7. The third-order valence-corrected chi connectivity index (χ3v) is 7.05. The Balaban J connectivity index is 0.00000320. The van der Waals surface area contributed by atoms with E-state index in [2.05, 4.69) is 46.9 Å². The topological polar surface area (TPSA) is 60.0 Å². The SMILES string of the molecule is CCNC(=NCC(c1cccs1)N1CCC(C)CC1)NC1CCN(C(=O)CC)C1.I. The van der Waals surface area contributed by atoms with Crippen molar-refractivity contribution in [2.75, 3.05) is 39.3 Å². The second-order valence-electron chi connectivity index (χ2n) is 8.29. The van der Waals surface area contributed by atoms with Gasteiger partial charge in [0.15, 0.2) is 5.96 Å². The van der Waals surface area contributed by atoms with Gasteiger partial charge in [0.2, 0.25) is 5.91 Å². The molecule has 170 valence electrons. The molecule has 0 radical (unpaired) electrons. The predicted octanol–water partition coefficient (Wildman–Crippen LogP) is 3.71. The summed E-state index contributed by atoms with van der Waals surface area (Å²) in [5, 5.41) is 9.13. The first kappa shape index (κ1) is 25.4. The van der Waals surface area contributed by atoms with E-state index in [4.69, 9.17) is 4.99 Å². The van der Waals surface area contributed by atoms with Gasteiger partial charge in [-0.15, -0.1) is 35.3 Å². The fourth-order valence-electron chi connectivity index (χ4n) is 4.23. The fourth-order valence-corrected chi connectivity index (χ4v) is 5.08. The summed E-state index contributed by atoms with van der Waals surface area (Å²) in [5.41, 5.74) is 0. The summed E-state index contributed by atoms with van der Waals surface area (Å²) in [6, 6.07) is 5.01. The van der Waals surface area contributed by atoms with Crippen LogP contribution >= 0.6 is 35.3 Å². The number of nitrogens with zero attached hydrogens (tertiary/aromatic N) is 3. The van der Waals surface area contributed by atoms with Gasteiger partial charge in [-0.3, -0.25) is 14.7 Å². The molecule has 30 heavy (non-hydrogen) atoms. The highest BCUT2D eigenvalue weighted by atomic mass is 127. The first-order chi connectivity index (χ1) is 14.1. The lowest BCUT2D eigenvalue weighted by atomic mass is 9.97. The largest absolute Gasteiger partial charge is 0.357 e. The second-order valence-corrected chi connectivity index (χ2v) is 9.27. The van der Waals surface area contributed by atoms with E-state index in [9.17, 15) is 4.79 Å². The van der Waals surface area contributed by atoms with E-state index >= 15 is 0 Å². The van der Waals surface area contributed by atoms with Gasteiger partial charge in [-0.2, -0.15) is 0 Å². The molecule has 3 heterocycles. The number of guanidine groups is 1. The molecule has 1 amide bonds. The van der Waals surface area contributed by atoms with Crippen molar-refractivity contribution < 1.29 is 4.79 Å². The van der Waals surface area contributed by atoms with E-state index in [1.54, 1.807) is 0 Å². The average molecular weight is 548 g/mol. The Morgan fingerprint density at radius 1 is 1.27 bits per heavy atom. The molecule has 0 aromatic carbocycles. The number of aliphatic imine (C=N–C) groups is 1. The standard InChI is InChI=1S/C22H37N5OS.HI/c1-4-21(28)27-13-10-18(16-27)25-22(23-5-2)24-15-19(20-7-6-14-29-20)26-11-8-17(3)9-12-26;/h6-7,14,17-19H,4-5,8-13,15-16H2,1-3H3,(H2,23,24,25);1H. The van der Waals surface area contributed by atoms with Gasteiger partial charge in [-0.25, -0.2) is 0 Å². The number of halogens is 1. The predicted molar refractivity (Wildman–Crippen MR) is 137 cm³/mol. The Kier molecular flexibility index (Phi) is 10.9. The van der Waals surface area contributed by atoms with Crippen LogP contribution in [0.3, 0.4) is 0 Å². The third kappa shape index (κ3) is 7.09. The van der Waals surface area contributed by atoms with Crippen LogP contribution in [-0.4, -0.2) is 67.0 Å². The van der Waals surface area contributed by atoms with Gasteiger partial charge in [0, 0.05) is 37.0 Å². The number of amides is 1. The molecule has 6 nitrogen and oxygen atoms in total. The molecule has 0 bridgehead atoms. The Hall–Kier alpha value is -0.870. The van der Waals surface area contributed by atoms with Gasteiger partial charge in [0.1, 0.15) is 0 Å². The normalized spacial score (nSPS) is 21.9. The quantitative estimate of drug-likeness (QED) is 0.311. The molecule has 2 unspecified atom stereocenters. The van der Waals surface area contributed by atoms with Crippen molar-refractivity contribution in [2.24, 2.45) is 10.9 Å². The van der Waals surface area contributed by atoms with Crippen molar-refractivity contribution in [1.29, 1.82) is 0 Å². The lowest BCUT2D eigenvalue weighted by Crippen LogP contribution is -2.45. The van der Waals surface area contributed by atoms with Gasteiger partial charge < -0.3 is 15.5 Å². The van der Waals surface area contributed by atoms with Crippen molar-refractivity contribution in [3.8, 4) is 0 Å². The lowest BCUT2D eigenvalue weighted by Gasteiger charge is -2.35. The monoisotopic (exact) mass is 547 g/mol. The smallest absolute Gasteiger partial charge is 0.222 e. The van der Waals surface area contributed by atoms with Gasteiger partial charge in [-0.1, -0.05) is 19.9 Å². The molecule has 2 aliphatic heterocycles. The summed E-state index contributed by atoms with van der Waals surface area (Å²) in [7, 11) is 0. The molecular formula is C22H38IN5OS. The van der Waals surface area contributed by atoms with E-state index in [0.717, 1.165) is 57.6 Å². The molecule has 2 saturated heterocycles. The van der Waals surface area contributed by atoms with Gasteiger partial charge >= 0.3 is 0 Å². The summed E-state index contributed by atoms with van der Waals surface area (Å²) in [6.07, 6.45) is 4.10. The molecular weight excluding hydrogens is 509 g/mol. The number of hydrogen-bond acceptors (Lipinski definition) is 4. The molecule has 3 rings (SSSR count). The fraction of sp³-hybridized carbons (Fsp3) is 0.727. The minimum Gasteiger partial charge on any atom is -0.357 e. The molecule has 2 N–H and O–H groups in total. The van der Waals surface area contributed by atoms with Crippen LogP contribution in [0, 0.1) is 5.92 Å². The lowest BCUT2D eigenvalue weighted by molar-refractivity contribution is -0.129. The zero-order chi connectivity index (χ0) is 20.6. The highest BCUT2D eigenvalue weighted by Gasteiger charge is 2.27. The molecule has 0 saturated carbocycles. The minimum atomic E-state index is 0. The zero-order valence-electron chi connectivity index (χ0n) is 18.6. The first-order valence-corrected chi connectivity index (χ1v) is 12.1. The van der Waals surface area contributed by atoms with E-state index in [1.807, 2.05) is 23.2 Å². The van der Waals surface area contributed by atoms with Crippen LogP contribution in [-0.2, 0) is 4.79 Å². The van der Waals surface area contributed by atoms with E-state index in [0.29, 0.717) is 12.5 Å². The number of hydrogen-bond donors (Lipinski definition) is 2. The van der Waals surface area contributed by atoms with Crippen LogP contribution < -0.4 is 10.6 Å². The number of carbonyl (C=O) groups excluding carboxylic acids is 1. The Bertz CT molecular complexity index is 660. The molecule has 0 aliphatic carbocycles. The maximum atomic E-state index is 12.0. The molecule has 0 spiro atoms. The summed E-state index contributed by atoms with van der Waals surface area (Å²) >= 11 is 1.83. The molecule has 2 fully saturated rings. The summed E-state index contributed by atoms with van der Waals surface area (Å²) in [4.78, 5) is 22.9. The number of thiophene rings is 1. The Morgan fingerprint density at radius 2 is 2.03 bits per heavy atom. The molecule has 8 heteroatoms. The van der Waals surface area contributed by atoms with E-state index in [1.165, 1.54) is 17.7 Å². The highest BCUT2D eigenvalue weighted by molar-refractivity contribution is 14.0. The van der Waals surface area contributed by atoms with Gasteiger partial charge in [0.25, 0.3) is 0 Å². The molecule has 2 aliphatic rings. The van der Waals surface area contributed by atoms with Gasteiger partial charge in [-0.05, 0) is 56.6 Å². The van der Waals surface area contributed by atoms with Crippen LogP contribution in [0.5, 0.6) is 0 Å². The summed E-state index contributed by atoms with van der Waals surface area (Å²) < 4.78 is 0.